The molecule has 0 atom stereocenters. The van der Waals surface area contributed by atoms with Crippen LogP contribution in [0.3, 0.4) is 0 Å². The van der Waals surface area contributed by atoms with Crippen LogP contribution in [0.25, 0.3) is 0 Å². The maximum atomic E-state index is 9.97. The number of hydrogen-bond acceptors (Lipinski definition) is 4. The lowest BCUT2D eigenvalue weighted by molar-refractivity contribution is 0.00651. The van der Waals surface area contributed by atoms with Gasteiger partial charge >= 0.3 is 0 Å². The summed E-state index contributed by atoms with van der Waals surface area (Å²) in [5.74, 6) is 0.421. The highest BCUT2D eigenvalue weighted by molar-refractivity contribution is 7.15. The molecular weight excluding hydrogens is 220 g/mol. The Balaban J connectivity index is 1.95. The number of aryl methyl sites for hydroxylation is 1. The monoisotopic (exact) mass is 240 g/mol. The van der Waals surface area contributed by atoms with Crippen LogP contribution in [0.15, 0.2) is 6.20 Å². The van der Waals surface area contributed by atoms with E-state index in [1.807, 2.05) is 20.0 Å². The van der Waals surface area contributed by atoms with Crippen molar-refractivity contribution in [3.8, 4) is 0 Å². The number of rotatable bonds is 2. The first-order chi connectivity index (χ1) is 7.47. The fraction of sp³-hybridized carbons (Fsp3) is 0.750. The molecule has 1 saturated heterocycles. The molecule has 90 valence electrons. The Labute approximate surface area is 101 Å². The van der Waals surface area contributed by atoms with E-state index in [2.05, 4.69) is 16.8 Å². The zero-order chi connectivity index (χ0) is 11.8. The normalized spacial score (nSPS) is 19.1. The van der Waals surface area contributed by atoms with Crippen LogP contribution in [-0.2, 0) is 0 Å². The molecule has 16 heavy (non-hydrogen) atoms. The van der Waals surface area contributed by atoms with Gasteiger partial charge in [0.15, 0.2) is 5.13 Å². The van der Waals surface area contributed by atoms with E-state index < -0.39 is 5.60 Å². The van der Waals surface area contributed by atoms with Crippen LogP contribution in [0.4, 0.5) is 5.13 Å². The van der Waals surface area contributed by atoms with Gasteiger partial charge in [-0.2, -0.15) is 0 Å². The molecule has 0 amide bonds. The second kappa shape index (κ2) is 4.34. The van der Waals surface area contributed by atoms with Crippen molar-refractivity contribution in [2.75, 3.05) is 18.0 Å². The van der Waals surface area contributed by atoms with Gasteiger partial charge < -0.3 is 10.0 Å². The Hall–Kier alpha value is -0.610. The summed E-state index contributed by atoms with van der Waals surface area (Å²) in [6, 6.07) is 0. The maximum absolute atomic E-state index is 9.97. The van der Waals surface area contributed by atoms with E-state index in [9.17, 15) is 5.11 Å². The maximum Gasteiger partial charge on any atom is 0.185 e. The van der Waals surface area contributed by atoms with Gasteiger partial charge in [0, 0.05) is 24.2 Å². The van der Waals surface area contributed by atoms with E-state index in [4.69, 9.17) is 0 Å². The van der Waals surface area contributed by atoms with Crippen molar-refractivity contribution in [1.82, 2.24) is 4.98 Å². The van der Waals surface area contributed by atoms with Crippen molar-refractivity contribution in [2.24, 2.45) is 5.92 Å². The molecule has 0 bridgehead atoms. The summed E-state index contributed by atoms with van der Waals surface area (Å²) in [4.78, 5) is 8.01. The summed E-state index contributed by atoms with van der Waals surface area (Å²) in [6.45, 7) is 7.95. The second-order valence-corrected chi connectivity index (χ2v) is 6.38. The molecule has 0 radical (unpaired) electrons. The Morgan fingerprint density at radius 2 is 2.06 bits per heavy atom. The van der Waals surface area contributed by atoms with Gasteiger partial charge in [0.05, 0.1) is 5.60 Å². The van der Waals surface area contributed by atoms with Crippen LogP contribution in [0.5, 0.6) is 0 Å². The lowest BCUT2D eigenvalue weighted by Crippen LogP contribution is -2.41. The molecule has 1 N–H and O–H groups in total. The second-order valence-electron chi connectivity index (χ2n) is 5.17. The van der Waals surface area contributed by atoms with Crippen LogP contribution in [0.1, 0.15) is 31.6 Å². The van der Waals surface area contributed by atoms with E-state index in [0.29, 0.717) is 5.92 Å². The highest BCUT2D eigenvalue weighted by Crippen LogP contribution is 2.31. The number of aliphatic hydroxyl groups is 1. The zero-order valence-electron chi connectivity index (χ0n) is 10.2. The van der Waals surface area contributed by atoms with E-state index in [1.54, 1.807) is 11.3 Å². The predicted molar refractivity (Wildman–Crippen MR) is 68.1 cm³/mol. The van der Waals surface area contributed by atoms with Crippen LogP contribution in [-0.4, -0.2) is 28.8 Å². The molecule has 0 saturated carbocycles. The SMILES string of the molecule is Cc1cnc(N2CCC(C(C)(C)O)CC2)s1. The number of hydrogen-bond donors (Lipinski definition) is 1. The fourth-order valence-corrected chi connectivity index (χ4v) is 3.08. The molecule has 2 rings (SSSR count). The lowest BCUT2D eigenvalue weighted by Gasteiger charge is -2.37. The number of anilines is 1. The average Bonchev–Trinajstić information content (AvgIpc) is 2.64. The summed E-state index contributed by atoms with van der Waals surface area (Å²) in [7, 11) is 0. The quantitative estimate of drug-likeness (QED) is 0.862. The topological polar surface area (TPSA) is 36.4 Å². The van der Waals surface area contributed by atoms with Gasteiger partial charge in [-0.1, -0.05) is 0 Å². The molecule has 1 aliphatic heterocycles. The number of nitrogens with zero attached hydrogens (tertiary/aromatic N) is 2. The van der Waals surface area contributed by atoms with Crippen LogP contribution in [0.2, 0.25) is 0 Å². The largest absolute Gasteiger partial charge is 0.390 e. The molecule has 0 aliphatic carbocycles. The standard InChI is InChI=1S/C12H20N2OS/c1-9-8-13-11(16-9)14-6-4-10(5-7-14)12(2,3)15/h8,10,15H,4-7H2,1-3H3. The predicted octanol–water partition coefficient (Wildman–Crippen LogP) is 2.44. The van der Waals surface area contributed by atoms with E-state index in [1.165, 1.54) is 4.88 Å². The number of thiazole rings is 1. The summed E-state index contributed by atoms with van der Waals surface area (Å²) in [6.07, 6.45) is 4.05. The molecule has 2 heterocycles. The first-order valence-electron chi connectivity index (χ1n) is 5.86. The van der Waals surface area contributed by atoms with Crippen molar-refractivity contribution < 1.29 is 5.11 Å². The van der Waals surface area contributed by atoms with Gasteiger partial charge in [0.25, 0.3) is 0 Å². The Bertz CT molecular complexity index is 348. The third kappa shape index (κ3) is 2.55. The Morgan fingerprint density at radius 1 is 1.44 bits per heavy atom. The minimum atomic E-state index is -0.537. The van der Waals surface area contributed by atoms with E-state index in [-0.39, 0.29) is 0 Å². The molecule has 0 unspecified atom stereocenters. The van der Waals surface area contributed by atoms with Crippen LogP contribution < -0.4 is 4.90 Å². The molecule has 4 heteroatoms. The summed E-state index contributed by atoms with van der Waals surface area (Å²) in [5, 5.41) is 11.1. The molecule has 0 aromatic carbocycles. The van der Waals surface area contributed by atoms with Crippen LogP contribution >= 0.6 is 11.3 Å². The van der Waals surface area contributed by atoms with Gasteiger partial charge in [0.2, 0.25) is 0 Å². The number of piperidine rings is 1. The average molecular weight is 240 g/mol. The lowest BCUT2D eigenvalue weighted by atomic mass is 9.83. The third-order valence-electron chi connectivity index (χ3n) is 3.37. The highest BCUT2D eigenvalue weighted by Gasteiger charge is 2.31. The Morgan fingerprint density at radius 3 is 2.50 bits per heavy atom. The van der Waals surface area contributed by atoms with Crippen molar-refractivity contribution in [1.29, 1.82) is 0 Å². The summed E-state index contributed by atoms with van der Waals surface area (Å²) < 4.78 is 0. The number of aromatic nitrogens is 1. The molecule has 0 spiro atoms. The highest BCUT2D eigenvalue weighted by atomic mass is 32.1. The third-order valence-corrected chi connectivity index (χ3v) is 4.35. The molecule has 1 aromatic heterocycles. The molecular formula is C12H20N2OS. The molecule has 1 aliphatic rings. The molecule has 3 nitrogen and oxygen atoms in total. The smallest absolute Gasteiger partial charge is 0.185 e. The summed E-state index contributed by atoms with van der Waals surface area (Å²) >= 11 is 1.76. The minimum absolute atomic E-state index is 0.421. The van der Waals surface area contributed by atoms with Crippen molar-refractivity contribution in [3.05, 3.63) is 11.1 Å². The van der Waals surface area contributed by atoms with Crippen molar-refractivity contribution in [2.45, 2.75) is 39.2 Å². The van der Waals surface area contributed by atoms with Gasteiger partial charge in [-0.3, -0.25) is 0 Å². The van der Waals surface area contributed by atoms with Gasteiger partial charge in [-0.25, -0.2) is 4.98 Å². The van der Waals surface area contributed by atoms with Gasteiger partial charge in [0.1, 0.15) is 0 Å². The first-order valence-corrected chi connectivity index (χ1v) is 6.68. The molecule has 1 fully saturated rings. The fourth-order valence-electron chi connectivity index (χ4n) is 2.27. The molecule has 1 aromatic rings. The van der Waals surface area contributed by atoms with Gasteiger partial charge in [-0.05, 0) is 39.5 Å². The van der Waals surface area contributed by atoms with Crippen molar-refractivity contribution >= 4 is 16.5 Å². The van der Waals surface area contributed by atoms with E-state index >= 15 is 0 Å². The van der Waals surface area contributed by atoms with Crippen molar-refractivity contribution in [3.63, 3.8) is 0 Å². The Kier molecular flexibility index (Phi) is 3.22. The van der Waals surface area contributed by atoms with Gasteiger partial charge in [-0.15, -0.1) is 11.3 Å². The minimum Gasteiger partial charge on any atom is -0.390 e. The first kappa shape index (κ1) is 11.9. The zero-order valence-corrected chi connectivity index (χ0v) is 11.0. The van der Waals surface area contributed by atoms with E-state index in [0.717, 1.165) is 31.1 Å². The summed E-state index contributed by atoms with van der Waals surface area (Å²) in [5.41, 5.74) is -0.537. The van der Waals surface area contributed by atoms with Crippen LogP contribution in [0, 0.1) is 12.8 Å².